The fourth-order valence-electron chi connectivity index (χ4n) is 2.09. The highest BCUT2D eigenvalue weighted by molar-refractivity contribution is 6.30. The highest BCUT2D eigenvalue weighted by atomic mass is 35.5. The Morgan fingerprint density at radius 1 is 1.08 bits per heavy atom. The number of rotatable bonds is 4. The molecule has 3 aromatic rings. The first-order valence-electron chi connectivity index (χ1n) is 7.17. The first-order valence-corrected chi connectivity index (χ1v) is 7.54. The van der Waals surface area contributed by atoms with Crippen LogP contribution in [-0.4, -0.2) is 20.7 Å². The summed E-state index contributed by atoms with van der Waals surface area (Å²) in [5, 5.41) is 7.29. The lowest BCUT2D eigenvalue weighted by atomic mass is 10.2. The van der Waals surface area contributed by atoms with E-state index in [9.17, 15) is 9.59 Å². The molecule has 0 bridgehead atoms. The maximum Gasteiger partial charge on any atom is 0.365 e. The molecule has 0 unspecified atom stereocenters. The van der Waals surface area contributed by atoms with E-state index in [-0.39, 0.29) is 12.5 Å². The van der Waals surface area contributed by atoms with E-state index in [1.807, 2.05) is 18.2 Å². The molecule has 1 aromatic heterocycles. The predicted octanol–water partition coefficient (Wildman–Crippen LogP) is 2.60. The van der Waals surface area contributed by atoms with E-state index in [0.717, 1.165) is 10.2 Å². The molecule has 120 valence electrons. The fourth-order valence-corrected chi connectivity index (χ4v) is 2.22. The molecule has 0 aliphatic carbocycles. The van der Waals surface area contributed by atoms with E-state index >= 15 is 0 Å². The number of hydrogen-bond acceptors (Lipinski definition) is 4. The van der Waals surface area contributed by atoms with Crippen molar-refractivity contribution >= 4 is 23.2 Å². The molecule has 0 saturated carbocycles. The summed E-state index contributed by atoms with van der Waals surface area (Å²) in [5.74, 6) is -0.350. The van der Waals surface area contributed by atoms with Crippen molar-refractivity contribution in [3.05, 3.63) is 76.3 Å². The summed E-state index contributed by atoms with van der Waals surface area (Å²) in [6.45, 7) is -0.207. The van der Waals surface area contributed by atoms with Gasteiger partial charge in [0.2, 0.25) is 5.91 Å². The van der Waals surface area contributed by atoms with Crippen molar-refractivity contribution in [2.45, 2.75) is 6.54 Å². The fraction of sp³-hybridized carbons (Fsp3) is 0.0588. The lowest BCUT2D eigenvalue weighted by molar-refractivity contribution is -0.117. The van der Waals surface area contributed by atoms with E-state index in [2.05, 4.69) is 15.4 Å². The number of carbonyl (C=O) groups excluding carboxylic acids is 1. The molecular formula is C17H13ClN4O2. The summed E-state index contributed by atoms with van der Waals surface area (Å²) >= 11 is 5.83. The summed E-state index contributed by atoms with van der Waals surface area (Å²) in [4.78, 5) is 28.0. The van der Waals surface area contributed by atoms with Gasteiger partial charge in [0.1, 0.15) is 6.54 Å². The van der Waals surface area contributed by atoms with E-state index < -0.39 is 5.69 Å². The summed E-state index contributed by atoms with van der Waals surface area (Å²) in [7, 11) is 0. The normalized spacial score (nSPS) is 10.4. The second-order valence-corrected chi connectivity index (χ2v) is 5.44. The standard InChI is InChI=1S/C17H13ClN4O2/c18-13-8-6-12(7-9-13)15-10-19-22(17(24)21-15)11-16(23)20-14-4-2-1-3-5-14/h1-10H,11H2,(H,20,23). The Balaban J connectivity index is 1.74. The molecule has 0 aliphatic heterocycles. The van der Waals surface area contributed by atoms with Gasteiger partial charge >= 0.3 is 5.69 Å². The van der Waals surface area contributed by atoms with Crippen molar-refractivity contribution in [1.29, 1.82) is 0 Å². The second kappa shape index (κ2) is 7.06. The van der Waals surface area contributed by atoms with Gasteiger partial charge in [0.15, 0.2) is 0 Å². The average molecular weight is 341 g/mol. The zero-order valence-electron chi connectivity index (χ0n) is 12.5. The van der Waals surface area contributed by atoms with E-state index in [1.54, 1.807) is 36.4 Å². The van der Waals surface area contributed by atoms with Crippen molar-refractivity contribution < 1.29 is 4.79 Å². The Morgan fingerprint density at radius 2 is 1.79 bits per heavy atom. The maximum absolute atomic E-state index is 12.1. The van der Waals surface area contributed by atoms with Crippen LogP contribution < -0.4 is 11.0 Å². The van der Waals surface area contributed by atoms with Gasteiger partial charge in [0.05, 0.1) is 11.9 Å². The van der Waals surface area contributed by atoms with Crippen molar-refractivity contribution in [3.63, 3.8) is 0 Å². The third-order valence-corrected chi connectivity index (χ3v) is 3.50. The van der Waals surface area contributed by atoms with Crippen LogP contribution in [0, 0.1) is 0 Å². The van der Waals surface area contributed by atoms with Crippen LogP contribution in [0.25, 0.3) is 11.3 Å². The van der Waals surface area contributed by atoms with Crippen LogP contribution in [0.1, 0.15) is 0 Å². The van der Waals surface area contributed by atoms with Gasteiger partial charge in [-0.15, -0.1) is 0 Å². The summed E-state index contributed by atoms with van der Waals surface area (Å²) in [5.41, 5.74) is 1.22. The molecule has 1 N–H and O–H groups in total. The van der Waals surface area contributed by atoms with Crippen LogP contribution in [0.5, 0.6) is 0 Å². The van der Waals surface area contributed by atoms with Crippen molar-refractivity contribution in [2.75, 3.05) is 5.32 Å². The highest BCUT2D eigenvalue weighted by Gasteiger charge is 2.09. The number of amides is 1. The Labute approximate surface area is 142 Å². The molecule has 0 fully saturated rings. The number of hydrogen-bond donors (Lipinski definition) is 1. The van der Waals surface area contributed by atoms with Crippen LogP contribution >= 0.6 is 11.6 Å². The van der Waals surface area contributed by atoms with Crippen LogP contribution in [0.2, 0.25) is 5.02 Å². The van der Waals surface area contributed by atoms with Gasteiger partial charge in [0, 0.05) is 16.3 Å². The SMILES string of the molecule is O=C(Cn1ncc(-c2ccc(Cl)cc2)nc1=O)Nc1ccccc1. The minimum atomic E-state index is -0.592. The minimum Gasteiger partial charge on any atom is -0.324 e. The van der Waals surface area contributed by atoms with Gasteiger partial charge in [-0.05, 0) is 24.3 Å². The predicted molar refractivity (Wildman–Crippen MR) is 91.8 cm³/mol. The first-order chi connectivity index (χ1) is 11.6. The molecule has 0 aliphatic rings. The zero-order chi connectivity index (χ0) is 16.9. The molecule has 24 heavy (non-hydrogen) atoms. The van der Waals surface area contributed by atoms with Gasteiger partial charge in [-0.3, -0.25) is 4.79 Å². The van der Waals surface area contributed by atoms with Crippen molar-refractivity contribution in [1.82, 2.24) is 14.8 Å². The Hall–Kier alpha value is -2.99. The molecule has 7 heteroatoms. The molecule has 0 radical (unpaired) electrons. The molecule has 3 rings (SSSR count). The van der Waals surface area contributed by atoms with Crippen LogP contribution in [-0.2, 0) is 11.3 Å². The third-order valence-electron chi connectivity index (χ3n) is 3.25. The molecule has 0 atom stereocenters. The smallest absolute Gasteiger partial charge is 0.324 e. The zero-order valence-corrected chi connectivity index (χ0v) is 13.3. The Morgan fingerprint density at radius 3 is 2.46 bits per heavy atom. The number of nitrogens with zero attached hydrogens (tertiary/aromatic N) is 3. The summed E-state index contributed by atoms with van der Waals surface area (Å²) < 4.78 is 1.01. The molecule has 2 aromatic carbocycles. The maximum atomic E-state index is 12.1. The van der Waals surface area contributed by atoms with E-state index in [4.69, 9.17) is 11.6 Å². The van der Waals surface area contributed by atoms with Crippen molar-refractivity contribution in [3.8, 4) is 11.3 Å². The quantitative estimate of drug-likeness (QED) is 0.792. The number of aromatic nitrogens is 3. The highest BCUT2D eigenvalue weighted by Crippen LogP contribution is 2.17. The second-order valence-electron chi connectivity index (χ2n) is 5.00. The number of anilines is 1. The molecule has 0 spiro atoms. The van der Waals surface area contributed by atoms with Gasteiger partial charge in [-0.25, -0.2) is 9.48 Å². The monoisotopic (exact) mass is 340 g/mol. The molecule has 1 heterocycles. The van der Waals surface area contributed by atoms with Gasteiger partial charge < -0.3 is 5.32 Å². The van der Waals surface area contributed by atoms with Gasteiger partial charge in [-0.2, -0.15) is 10.1 Å². The lowest BCUT2D eigenvalue weighted by Gasteiger charge is -2.07. The van der Waals surface area contributed by atoms with Crippen LogP contribution in [0.3, 0.4) is 0 Å². The number of halogens is 1. The molecule has 0 saturated heterocycles. The molecular weight excluding hydrogens is 328 g/mol. The first kappa shape index (κ1) is 15.9. The number of carbonyl (C=O) groups is 1. The summed E-state index contributed by atoms with van der Waals surface area (Å²) in [6, 6.07) is 15.9. The number of para-hydroxylation sites is 1. The largest absolute Gasteiger partial charge is 0.365 e. The van der Waals surface area contributed by atoms with Gasteiger partial charge in [0.25, 0.3) is 0 Å². The van der Waals surface area contributed by atoms with Gasteiger partial charge in [-0.1, -0.05) is 41.9 Å². The Kier molecular flexibility index (Phi) is 4.67. The molecule has 6 nitrogen and oxygen atoms in total. The average Bonchev–Trinajstić information content (AvgIpc) is 2.58. The lowest BCUT2D eigenvalue weighted by Crippen LogP contribution is -2.31. The number of nitrogens with one attached hydrogen (secondary N) is 1. The topological polar surface area (TPSA) is 76.9 Å². The summed E-state index contributed by atoms with van der Waals surface area (Å²) in [6.07, 6.45) is 1.44. The third kappa shape index (κ3) is 3.85. The van der Waals surface area contributed by atoms with Crippen LogP contribution in [0.4, 0.5) is 5.69 Å². The minimum absolute atomic E-state index is 0.207. The Bertz CT molecular complexity index is 908. The molecule has 1 amide bonds. The van der Waals surface area contributed by atoms with Crippen molar-refractivity contribution in [2.24, 2.45) is 0 Å². The van der Waals surface area contributed by atoms with E-state index in [1.165, 1.54) is 6.20 Å². The van der Waals surface area contributed by atoms with Crippen LogP contribution in [0.15, 0.2) is 65.6 Å². The van der Waals surface area contributed by atoms with E-state index in [0.29, 0.717) is 16.4 Å². The number of benzene rings is 2.